The predicted octanol–water partition coefficient (Wildman–Crippen LogP) is 0.523. The maximum absolute atomic E-state index is 11.9. The molecule has 0 aromatic heterocycles. The quantitative estimate of drug-likeness (QED) is 0.00605. The SMILES string of the molecule is CC/C=C\C/C=C\C/C=C\C/C=C\C/C=C\CCCC(=O)O.CC/C=C\C/C=C\C/C=C\C/C=C\C/C=C\CCCC(=O)OCCCN1CC(O)[C@@H](O)[C@H](O)C1CO.O=CO[O-].OC[C@@H]1[C@@H](O)[C@H](O)[C@@H](O)CN1CCCCl.[H-].[K+].[K+]. The number of nitrogens with zero attached hydrogens (tertiary/aromatic N) is 2. The fourth-order valence-corrected chi connectivity index (χ4v) is 7.65. The van der Waals surface area contributed by atoms with Crippen molar-refractivity contribution in [3.05, 3.63) is 122 Å². The molecule has 0 aromatic rings. The molecular formula is C59H97ClK2N2O15. The average Bonchev–Trinajstić information content (AvgIpc) is 3.42. The number of allylic oxidation sites excluding steroid dienone is 20. The van der Waals surface area contributed by atoms with Crippen LogP contribution in [0.4, 0.5) is 0 Å². The van der Waals surface area contributed by atoms with Crippen LogP contribution in [0, 0.1) is 0 Å². The molecular weight excluding hydrogens is 1090 g/mol. The van der Waals surface area contributed by atoms with E-state index in [4.69, 9.17) is 36.6 Å². The van der Waals surface area contributed by atoms with E-state index in [2.05, 4.69) is 140 Å². The van der Waals surface area contributed by atoms with E-state index in [9.17, 15) is 45.3 Å². The molecule has 20 heteroatoms. The molecule has 0 bridgehead atoms. The molecule has 0 aromatic carbocycles. The first-order valence-corrected chi connectivity index (χ1v) is 27.8. The minimum Gasteiger partial charge on any atom is -1.00 e. The van der Waals surface area contributed by atoms with E-state index in [1.165, 1.54) is 0 Å². The Hall–Kier alpha value is -1.07. The number of alkyl halides is 1. The van der Waals surface area contributed by atoms with Crippen molar-refractivity contribution >= 4 is 30.0 Å². The number of likely N-dealkylation sites (tertiary alicyclic amines) is 2. The van der Waals surface area contributed by atoms with E-state index in [0.29, 0.717) is 38.2 Å². The first-order valence-electron chi connectivity index (χ1n) is 27.2. The molecule has 0 aliphatic carbocycles. The van der Waals surface area contributed by atoms with Gasteiger partial charge >= 0.3 is 115 Å². The number of hydrogen-bond donors (Lipinski definition) is 9. The second-order valence-electron chi connectivity index (χ2n) is 18.0. The Balaban J connectivity index is -0.000000363. The number of ether oxygens (including phenoxy) is 1. The summed E-state index contributed by atoms with van der Waals surface area (Å²) in [4.78, 5) is 36.9. The van der Waals surface area contributed by atoms with Crippen LogP contribution in [0.25, 0.3) is 0 Å². The van der Waals surface area contributed by atoms with Crippen molar-refractivity contribution in [2.24, 2.45) is 0 Å². The van der Waals surface area contributed by atoms with Gasteiger partial charge in [-0.1, -0.05) is 135 Å². The van der Waals surface area contributed by atoms with Crippen LogP contribution >= 0.6 is 11.6 Å². The summed E-state index contributed by atoms with van der Waals surface area (Å²) in [5.41, 5.74) is 0. The number of carbonyl (C=O) groups is 3. The Bertz CT molecular complexity index is 1750. The number of aliphatic hydroxyl groups excluding tert-OH is 8. The molecule has 79 heavy (non-hydrogen) atoms. The summed E-state index contributed by atoms with van der Waals surface area (Å²) in [6, 6.07) is -1.16. The summed E-state index contributed by atoms with van der Waals surface area (Å²) < 4.78 is 5.25. The van der Waals surface area contributed by atoms with Crippen molar-refractivity contribution in [2.45, 2.75) is 178 Å². The third kappa shape index (κ3) is 50.0. The summed E-state index contributed by atoms with van der Waals surface area (Å²) in [7, 11) is 0. The van der Waals surface area contributed by atoms with E-state index < -0.39 is 54.7 Å². The minimum atomic E-state index is -1.26. The molecule has 17 nitrogen and oxygen atoms in total. The molecule has 0 saturated carbocycles. The van der Waals surface area contributed by atoms with Crippen molar-refractivity contribution in [2.75, 3.05) is 51.9 Å². The number of β-amino-alcohol motifs (C(OH)–C–C–N with tert-alkyl or cyclic N) is 2. The van der Waals surface area contributed by atoms with E-state index in [1.54, 1.807) is 9.80 Å². The average molecular weight is 1190 g/mol. The Morgan fingerprint density at radius 2 is 0.848 bits per heavy atom. The molecule has 0 radical (unpaired) electrons. The van der Waals surface area contributed by atoms with Crippen molar-refractivity contribution < 1.29 is 179 Å². The molecule has 2 aliphatic rings. The largest absolute Gasteiger partial charge is 1.00 e. The van der Waals surface area contributed by atoms with E-state index >= 15 is 0 Å². The first kappa shape index (κ1) is 84.4. The normalized spacial score (nSPS) is 21.9. The van der Waals surface area contributed by atoms with Gasteiger partial charge in [0.05, 0.1) is 44.1 Å². The van der Waals surface area contributed by atoms with Crippen LogP contribution in [0.3, 0.4) is 0 Å². The van der Waals surface area contributed by atoms with Gasteiger partial charge in [0.15, 0.2) is 0 Å². The summed E-state index contributed by atoms with van der Waals surface area (Å²) in [6.07, 6.45) is 51.2. The number of halogens is 1. The van der Waals surface area contributed by atoms with Gasteiger partial charge in [-0.3, -0.25) is 24.2 Å². The van der Waals surface area contributed by atoms with Crippen molar-refractivity contribution in [3.63, 3.8) is 0 Å². The van der Waals surface area contributed by atoms with Crippen molar-refractivity contribution in [1.82, 2.24) is 9.80 Å². The maximum atomic E-state index is 11.9. The van der Waals surface area contributed by atoms with Gasteiger partial charge in [0.1, 0.15) is 24.4 Å². The number of aliphatic carboxylic acids is 1. The smallest absolute Gasteiger partial charge is 1.00 e. The van der Waals surface area contributed by atoms with Crippen LogP contribution < -0.4 is 108 Å². The van der Waals surface area contributed by atoms with E-state index in [0.717, 1.165) is 89.9 Å². The van der Waals surface area contributed by atoms with Crippen LogP contribution in [0.15, 0.2) is 122 Å². The molecule has 442 valence electrons. The molecule has 2 heterocycles. The standard InChI is InChI=1S/C29H47NO6.C20H30O2.C9H18ClNO4.CH2O3.2K.H/c1-2-3-4-5-6-7-8-9-10-11-12-13-14-15-16-17-18-20-27(33)36-22-19-21-30-23-26(32)29(35)28(34)25(30)24-31;1-2-3-4-5-6-7-8-9-10-11-12-13-14-15-16-17-18-19-20(21)22;10-2-1-3-11-4-7(13)9(15)8(14)6(11)5-12;2-1-4-3;;;/h3-4,6-7,9-10,12-13,15-16,25-26,28-29,31-32,34-35H,2,5,8,11,14,17-24H2,1H3;3-4,6-7,9-10,12-13,15-16H,2,5,8,11,14,17-19H2,1H3,(H,21,22);6-9,12-15H,1-5H2;1,3H;;;/q;;;;2*+1;-1/p-1/b2*4-3-,7-6-,10-9-,13-12-,16-15-;;;;;/t25?,26?,28-,29-;;6-,7+,8-,9-;;;;/m1.1..../s1. The minimum absolute atomic E-state index is 0. The Morgan fingerprint density at radius 1 is 0.532 bits per heavy atom. The zero-order valence-electron chi connectivity index (χ0n) is 48.9. The van der Waals surface area contributed by atoms with Gasteiger partial charge in [-0.15, -0.1) is 11.6 Å². The number of esters is 1. The molecule has 0 spiro atoms. The summed E-state index contributed by atoms with van der Waals surface area (Å²) in [5, 5.41) is 93.5. The van der Waals surface area contributed by atoms with E-state index in [-0.39, 0.29) is 156 Å². The molecule has 2 unspecified atom stereocenters. The van der Waals surface area contributed by atoms with Gasteiger partial charge in [0, 0.05) is 38.4 Å². The second-order valence-corrected chi connectivity index (χ2v) is 18.4. The van der Waals surface area contributed by atoms with Gasteiger partial charge in [0.25, 0.3) is 6.47 Å². The summed E-state index contributed by atoms with van der Waals surface area (Å²) in [6.45, 7) is 5.22. The Kier molecular flexibility index (Phi) is 67.3. The fraction of sp³-hybridized carbons (Fsp3) is 0.610. The van der Waals surface area contributed by atoms with Crippen LogP contribution in [-0.2, 0) is 24.0 Å². The van der Waals surface area contributed by atoms with Crippen LogP contribution in [0.5, 0.6) is 0 Å². The summed E-state index contributed by atoms with van der Waals surface area (Å²) >= 11 is 5.55. The summed E-state index contributed by atoms with van der Waals surface area (Å²) in [5.74, 6) is -0.466. The number of rotatable bonds is 36. The number of carboxylic acids is 1. The van der Waals surface area contributed by atoms with Crippen LogP contribution in [0.1, 0.15) is 131 Å². The molecule has 2 saturated heterocycles. The molecule has 8 atom stereocenters. The Morgan fingerprint density at radius 3 is 1.15 bits per heavy atom. The third-order valence-corrected chi connectivity index (χ3v) is 12.0. The van der Waals surface area contributed by atoms with Crippen molar-refractivity contribution in [3.8, 4) is 0 Å². The van der Waals surface area contributed by atoms with Crippen LogP contribution in [0.2, 0.25) is 0 Å². The van der Waals surface area contributed by atoms with Gasteiger partial charge in [-0.05, 0) is 109 Å². The fourth-order valence-electron chi connectivity index (χ4n) is 7.53. The molecule has 0 amide bonds. The predicted molar refractivity (Wildman–Crippen MR) is 304 cm³/mol. The number of carbonyl (C=O) groups excluding carboxylic acids is 2. The number of unbranched alkanes of at least 4 members (excludes halogenated alkanes) is 2. The molecule has 2 aliphatic heterocycles. The van der Waals surface area contributed by atoms with Gasteiger partial charge in [-0.2, -0.15) is 0 Å². The number of aliphatic hydroxyl groups is 8. The number of carboxylic acid groups (broad SMARTS) is 1. The first-order chi connectivity index (χ1) is 37.3. The number of piperidine rings is 2. The maximum Gasteiger partial charge on any atom is 1.00 e. The molecule has 9 N–H and O–H groups in total. The van der Waals surface area contributed by atoms with Crippen LogP contribution in [-0.4, -0.2) is 175 Å². The van der Waals surface area contributed by atoms with Crippen molar-refractivity contribution in [1.29, 1.82) is 0 Å². The monoisotopic (exact) mass is 1190 g/mol. The van der Waals surface area contributed by atoms with Gasteiger partial charge in [0.2, 0.25) is 0 Å². The molecule has 2 rings (SSSR count). The third-order valence-electron chi connectivity index (χ3n) is 11.7. The topological polar surface area (TPSA) is 281 Å². The zero-order chi connectivity index (χ0) is 57.6. The Labute approximate surface area is 564 Å². The molecule has 2 fully saturated rings. The second kappa shape index (κ2) is 63.0. The zero-order valence-corrected chi connectivity index (χ0v) is 54.9. The van der Waals surface area contributed by atoms with Gasteiger partial charge < -0.3 is 62.3 Å². The van der Waals surface area contributed by atoms with E-state index in [1.807, 2.05) is 0 Å². The van der Waals surface area contributed by atoms with Gasteiger partial charge in [-0.25, -0.2) is 0 Å². The number of hydrogen-bond acceptors (Lipinski definition) is 16.